The molecule has 0 saturated carbocycles. The topological polar surface area (TPSA) is 87.5 Å². The first-order valence-electron chi connectivity index (χ1n) is 5.97. The zero-order valence-electron chi connectivity index (χ0n) is 10.9. The van der Waals surface area contributed by atoms with Gasteiger partial charge in [-0.25, -0.2) is 8.60 Å². The zero-order valence-corrected chi connectivity index (χ0v) is 11.7. The van der Waals surface area contributed by atoms with E-state index in [1.807, 2.05) is 0 Å². The van der Waals surface area contributed by atoms with Crippen LogP contribution in [0.15, 0.2) is 24.5 Å². The number of halogens is 1. The second kappa shape index (κ2) is 4.85. The Balaban J connectivity index is 2.13. The number of aromatic hydroxyl groups is 1. The molecule has 110 valence electrons. The molecule has 1 aliphatic heterocycles. The highest BCUT2D eigenvalue weighted by atomic mass is 32.2. The van der Waals surface area contributed by atoms with Crippen LogP contribution in [0.2, 0.25) is 0 Å². The smallest absolute Gasteiger partial charge is 0.253 e. The van der Waals surface area contributed by atoms with Gasteiger partial charge in [-0.05, 0) is 12.1 Å². The fourth-order valence-corrected chi connectivity index (χ4v) is 3.05. The van der Waals surface area contributed by atoms with Crippen LogP contribution >= 0.6 is 0 Å². The molecule has 0 radical (unpaired) electrons. The molecular formula is C12H11FN4O3S. The number of hydrogen-bond donors (Lipinski definition) is 2. The summed E-state index contributed by atoms with van der Waals surface area (Å²) in [5.74, 6) is -1.64. The number of nitrogens with one attached hydrogen (secondary N) is 1. The lowest BCUT2D eigenvalue weighted by molar-refractivity contribution is -0.117. The largest absolute Gasteiger partial charge is 0.506 e. The van der Waals surface area contributed by atoms with Crippen molar-refractivity contribution in [3.05, 3.63) is 30.3 Å². The van der Waals surface area contributed by atoms with Gasteiger partial charge in [-0.2, -0.15) is 5.10 Å². The van der Waals surface area contributed by atoms with Crippen LogP contribution in [0.4, 0.5) is 10.1 Å². The van der Waals surface area contributed by atoms with Crippen molar-refractivity contribution in [2.24, 2.45) is 7.05 Å². The molecule has 0 bridgehead atoms. The van der Waals surface area contributed by atoms with Crippen LogP contribution in [-0.2, 0) is 23.0 Å². The number of phenols is 1. The van der Waals surface area contributed by atoms with Crippen LogP contribution in [-0.4, -0.2) is 31.5 Å². The van der Waals surface area contributed by atoms with Gasteiger partial charge in [0, 0.05) is 24.4 Å². The average Bonchev–Trinajstić information content (AvgIpc) is 2.96. The van der Waals surface area contributed by atoms with Gasteiger partial charge in [-0.1, -0.05) is 0 Å². The standard InChI is InChI=1S/C12H11FN4O3S/c1-16-5-7(4-14-16)8-2-3-9(18)12(11(8)13)17-6-10(19)15-21(17)20/h2-5,18H,6H2,1H3,(H,15,19). The number of hydrogen-bond acceptors (Lipinski definition) is 4. The summed E-state index contributed by atoms with van der Waals surface area (Å²) >= 11 is -1.91. The zero-order chi connectivity index (χ0) is 15.1. The normalized spacial score (nSPS) is 18.1. The summed E-state index contributed by atoms with van der Waals surface area (Å²) in [5.41, 5.74) is 0.445. The summed E-state index contributed by atoms with van der Waals surface area (Å²) in [6.45, 7) is -0.284. The summed E-state index contributed by atoms with van der Waals surface area (Å²) in [7, 11) is 1.70. The molecule has 7 nitrogen and oxygen atoms in total. The molecule has 2 N–H and O–H groups in total. The molecule has 1 aliphatic rings. The van der Waals surface area contributed by atoms with E-state index in [0.29, 0.717) is 5.56 Å². The lowest BCUT2D eigenvalue weighted by Gasteiger charge is -2.17. The van der Waals surface area contributed by atoms with Crippen molar-refractivity contribution in [1.29, 1.82) is 0 Å². The van der Waals surface area contributed by atoms with Crippen molar-refractivity contribution in [2.45, 2.75) is 0 Å². The third-order valence-electron chi connectivity index (χ3n) is 3.05. The summed E-state index contributed by atoms with van der Waals surface area (Å²) in [6.07, 6.45) is 3.09. The van der Waals surface area contributed by atoms with Gasteiger partial charge in [0.1, 0.15) is 18.0 Å². The Labute approximate surface area is 121 Å². The molecule has 2 heterocycles. The first-order valence-corrected chi connectivity index (χ1v) is 7.07. The van der Waals surface area contributed by atoms with Gasteiger partial charge in [0.2, 0.25) is 11.2 Å². The van der Waals surface area contributed by atoms with E-state index in [4.69, 9.17) is 0 Å². The van der Waals surface area contributed by atoms with Crippen molar-refractivity contribution in [2.75, 3.05) is 10.8 Å². The van der Waals surface area contributed by atoms with Gasteiger partial charge >= 0.3 is 0 Å². The van der Waals surface area contributed by atoms with E-state index in [2.05, 4.69) is 9.82 Å². The highest BCUT2D eigenvalue weighted by Crippen LogP contribution is 2.37. The van der Waals surface area contributed by atoms with Crippen molar-refractivity contribution >= 4 is 22.8 Å². The highest BCUT2D eigenvalue weighted by molar-refractivity contribution is 7.85. The van der Waals surface area contributed by atoms with E-state index in [9.17, 15) is 18.5 Å². The summed E-state index contributed by atoms with van der Waals surface area (Å²) in [6, 6.07) is 2.69. The molecule has 0 spiro atoms. The van der Waals surface area contributed by atoms with E-state index in [1.165, 1.54) is 23.0 Å². The first-order chi connectivity index (χ1) is 9.97. The van der Waals surface area contributed by atoms with Crippen LogP contribution in [0.25, 0.3) is 11.1 Å². The van der Waals surface area contributed by atoms with E-state index in [-0.39, 0.29) is 23.5 Å². The SMILES string of the molecule is Cn1cc(-c2ccc(O)c(N3CC(=O)NS3=O)c2F)cn1. The molecule has 1 amide bonds. The van der Waals surface area contributed by atoms with Crippen LogP contribution < -0.4 is 9.03 Å². The fourth-order valence-electron chi connectivity index (χ4n) is 2.11. The average molecular weight is 310 g/mol. The molecule has 1 atom stereocenters. The number of carbonyl (C=O) groups is 1. The Morgan fingerprint density at radius 2 is 2.24 bits per heavy atom. The molecule has 1 fully saturated rings. The van der Waals surface area contributed by atoms with Gasteiger partial charge in [0.05, 0.1) is 6.20 Å². The van der Waals surface area contributed by atoms with Gasteiger partial charge < -0.3 is 5.11 Å². The number of rotatable bonds is 2. The highest BCUT2D eigenvalue weighted by Gasteiger charge is 2.32. The molecule has 3 rings (SSSR count). The molecule has 1 aromatic carbocycles. The summed E-state index contributed by atoms with van der Waals surface area (Å²) in [5, 5.41) is 13.8. The molecule has 0 aliphatic carbocycles. The Morgan fingerprint density at radius 1 is 1.48 bits per heavy atom. The third kappa shape index (κ3) is 2.25. The second-order valence-corrected chi connectivity index (χ2v) is 5.65. The Bertz CT molecular complexity index is 761. The fraction of sp³-hybridized carbons (Fsp3) is 0.167. The van der Waals surface area contributed by atoms with E-state index in [1.54, 1.807) is 13.2 Å². The van der Waals surface area contributed by atoms with E-state index >= 15 is 0 Å². The lowest BCUT2D eigenvalue weighted by atomic mass is 10.1. The minimum absolute atomic E-state index is 0.201. The maximum atomic E-state index is 14.7. The van der Waals surface area contributed by atoms with Crippen LogP contribution in [0.3, 0.4) is 0 Å². The van der Waals surface area contributed by atoms with E-state index < -0.39 is 22.9 Å². The van der Waals surface area contributed by atoms with Gasteiger partial charge in [-0.3, -0.25) is 18.5 Å². The van der Waals surface area contributed by atoms with Gasteiger partial charge in [0.25, 0.3) is 5.91 Å². The maximum absolute atomic E-state index is 14.7. The quantitative estimate of drug-likeness (QED) is 0.843. The minimum Gasteiger partial charge on any atom is -0.506 e. The summed E-state index contributed by atoms with van der Waals surface area (Å²) < 4.78 is 31.1. The number of aryl methyl sites for hydroxylation is 1. The minimum atomic E-state index is -1.91. The van der Waals surface area contributed by atoms with Crippen molar-refractivity contribution in [1.82, 2.24) is 14.5 Å². The molecule has 1 saturated heterocycles. The van der Waals surface area contributed by atoms with Crippen LogP contribution in [0, 0.1) is 5.82 Å². The Hall–Kier alpha value is -2.42. The molecule has 2 aromatic rings. The van der Waals surface area contributed by atoms with E-state index in [0.717, 1.165) is 4.31 Å². The molecule has 1 unspecified atom stereocenters. The molecule has 9 heteroatoms. The number of carbonyl (C=O) groups excluding carboxylic acids is 1. The number of nitrogens with zero attached hydrogens (tertiary/aromatic N) is 3. The van der Waals surface area contributed by atoms with Crippen molar-refractivity contribution in [3.8, 4) is 16.9 Å². The van der Waals surface area contributed by atoms with Crippen molar-refractivity contribution < 1.29 is 18.5 Å². The maximum Gasteiger partial charge on any atom is 0.253 e. The molecule has 21 heavy (non-hydrogen) atoms. The lowest BCUT2D eigenvalue weighted by Crippen LogP contribution is -2.23. The number of amides is 1. The first kappa shape index (κ1) is 13.6. The predicted octanol–water partition coefficient (Wildman–Crippen LogP) is 0.447. The van der Waals surface area contributed by atoms with Gasteiger partial charge in [-0.15, -0.1) is 0 Å². The number of anilines is 1. The third-order valence-corrected chi connectivity index (χ3v) is 4.16. The number of phenolic OH excluding ortho intramolecular Hbond substituents is 1. The van der Waals surface area contributed by atoms with Crippen LogP contribution in [0.5, 0.6) is 5.75 Å². The Morgan fingerprint density at radius 3 is 2.81 bits per heavy atom. The second-order valence-electron chi connectivity index (χ2n) is 4.51. The van der Waals surface area contributed by atoms with Gasteiger partial charge in [0.15, 0.2) is 5.82 Å². The molecular weight excluding hydrogens is 299 g/mol. The number of aromatic nitrogens is 2. The Kier molecular flexibility index (Phi) is 3.13. The summed E-state index contributed by atoms with van der Waals surface area (Å²) in [4.78, 5) is 11.3. The molecule has 1 aromatic heterocycles. The predicted molar refractivity (Wildman–Crippen MR) is 73.9 cm³/mol. The van der Waals surface area contributed by atoms with Crippen LogP contribution in [0.1, 0.15) is 0 Å². The monoisotopic (exact) mass is 310 g/mol. The van der Waals surface area contributed by atoms with Crippen molar-refractivity contribution in [3.63, 3.8) is 0 Å². The number of benzene rings is 1.